The highest BCUT2D eigenvalue weighted by Gasteiger charge is 2.36. The van der Waals surface area contributed by atoms with Gasteiger partial charge in [-0.2, -0.15) is 13.2 Å². The van der Waals surface area contributed by atoms with Crippen LogP contribution in [-0.4, -0.2) is 31.1 Å². The number of hydrogen-bond donors (Lipinski definition) is 2. The third-order valence-electron chi connectivity index (χ3n) is 4.82. The zero-order valence-electron chi connectivity index (χ0n) is 15.9. The topological polar surface area (TPSA) is 61.4 Å². The molecule has 5 nitrogen and oxygen atoms in total. The van der Waals surface area contributed by atoms with Crippen LogP contribution >= 0.6 is 0 Å². The quantitative estimate of drug-likeness (QED) is 0.757. The molecule has 0 spiro atoms. The minimum Gasteiger partial charge on any atom is -0.375 e. The van der Waals surface area contributed by atoms with E-state index in [1.807, 2.05) is 31.2 Å². The molecule has 1 fully saturated rings. The lowest BCUT2D eigenvalue weighted by Gasteiger charge is -2.20. The van der Waals surface area contributed by atoms with Crippen molar-refractivity contribution in [2.24, 2.45) is 5.92 Å². The van der Waals surface area contributed by atoms with Crippen LogP contribution in [0.2, 0.25) is 0 Å². The van der Waals surface area contributed by atoms with E-state index in [0.29, 0.717) is 0 Å². The summed E-state index contributed by atoms with van der Waals surface area (Å²) in [5.41, 5.74) is 2.24. The number of halogens is 3. The summed E-state index contributed by atoms with van der Waals surface area (Å²) in [7, 11) is 0. The number of aryl methyl sites for hydroxylation is 1. The summed E-state index contributed by atoms with van der Waals surface area (Å²) in [4.78, 5) is 26.8. The highest BCUT2D eigenvalue weighted by atomic mass is 19.4. The number of carbonyl (C=O) groups excluding carboxylic acids is 2. The molecule has 2 N–H and O–H groups in total. The smallest absolute Gasteiger partial charge is 0.375 e. The molecule has 0 bridgehead atoms. The molecular weight excluding hydrogens is 383 g/mol. The first-order chi connectivity index (χ1) is 13.8. The Kier molecular flexibility index (Phi) is 6.10. The van der Waals surface area contributed by atoms with Crippen molar-refractivity contribution in [2.45, 2.75) is 25.9 Å². The number of nitrogens with one attached hydrogen (secondary N) is 2. The van der Waals surface area contributed by atoms with Crippen molar-refractivity contribution in [3.63, 3.8) is 0 Å². The summed E-state index contributed by atoms with van der Waals surface area (Å²) in [6, 6.07) is 13.7. The average molecular weight is 405 g/mol. The van der Waals surface area contributed by atoms with E-state index in [4.69, 9.17) is 0 Å². The predicted octanol–water partition coefficient (Wildman–Crippen LogP) is 4.21. The first kappa shape index (κ1) is 20.7. The zero-order valence-corrected chi connectivity index (χ0v) is 15.9. The second kappa shape index (κ2) is 8.55. The molecule has 8 heteroatoms. The first-order valence-corrected chi connectivity index (χ1v) is 9.37. The normalized spacial score (nSPS) is 16.8. The molecule has 1 unspecified atom stereocenters. The fourth-order valence-corrected chi connectivity index (χ4v) is 3.37. The second-order valence-electron chi connectivity index (χ2n) is 6.89. The fraction of sp³-hybridized carbons (Fsp3) is 0.333. The van der Waals surface area contributed by atoms with E-state index in [1.165, 1.54) is 12.1 Å². The molecule has 1 aliphatic heterocycles. The molecule has 0 aromatic heterocycles. The highest BCUT2D eigenvalue weighted by Crippen LogP contribution is 2.30. The number of para-hydroxylation sites is 3. The Bertz CT molecular complexity index is 899. The van der Waals surface area contributed by atoms with E-state index >= 15 is 0 Å². The lowest BCUT2D eigenvalue weighted by molar-refractivity contribution is -0.122. The lowest BCUT2D eigenvalue weighted by Crippen LogP contribution is -2.29. The first-order valence-electron chi connectivity index (χ1n) is 9.37. The van der Waals surface area contributed by atoms with Crippen LogP contribution in [0.5, 0.6) is 0 Å². The van der Waals surface area contributed by atoms with E-state index < -0.39 is 24.5 Å². The summed E-state index contributed by atoms with van der Waals surface area (Å²) in [5, 5.41) is 4.95. The summed E-state index contributed by atoms with van der Waals surface area (Å²) in [6.45, 7) is 1.03. The minimum absolute atomic E-state index is 0.0576. The number of rotatable bonds is 6. The lowest BCUT2D eigenvalue weighted by atomic mass is 10.1. The molecule has 2 aromatic carbocycles. The van der Waals surface area contributed by atoms with Crippen LogP contribution in [-0.2, 0) is 16.0 Å². The van der Waals surface area contributed by atoms with Gasteiger partial charge in [-0.15, -0.1) is 0 Å². The Hall–Kier alpha value is -3.03. The van der Waals surface area contributed by atoms with E-state index in [1.54, 1.807) is 17.0 Å². The number of alkyl halides is 3. The van der Waals surface area contributed by atoms with Gasteiger partial charge in [-0.3, -0.25) is 9.59 Å². The van der Waals surface area contributed by atoms with Crippen LogP contribution in [0, 0.1) is 5.92 Å². The molecule has 2 aromatic rings. The molecular formula is C21H22F3N3O2. The summed E-state index contributed by atoms with van der Waals surface area (Å²) in [6.07, 6.45) is -3.56. The number of amides is 2. The van der Waals surface area contributed by atoms with Crippen LogP contribution in [0.4, 0.5) is 30.2 Å². The van der Waals surface area contributed by atoms with Gasteiger partial charge in [-0.25, -0.2) is 0 Å². The molecule has 29 heavy (non-hydrogen) atoms. The molecule has 3 rings (SSSR count). The number of hydrogen-bond acceptors (Lipinski definition) is 3. The molecule has 0 saturated carbocycles. The van der Waals surface area contributed by atoms with Crippen LogP contribution in [0.15, 0.2) is 48.5 Å². The summed E-state index contributed by atoms with van der Waals surface area (Å²) in [5.74, 6) is -1.12. The van der Waals surface area contributed by atoms with Gasteiger partial charge in [0.15, 0.2) is 0 Å². The molecule has 1 saturated heterocycles. The van der Waals surface area contributed by atoms with Gasteiger partial charge < -0.3 is 15.5 Å². The second-order valence-corrected chi connectivity index (χ2v) is 6.89. The summed E-state index contributed by atoms with van der Waals surface area (Å²) >= 11 is 0. The van der Waals surface area contributed by atoms with Gasteiger partial charge >= 0.3 is 6.18 Å². The molecule has 0 aliphatic carbocycles. The van der Waals surface area contributed by atoms with Crippen LogP contribution in [0.1, 0.15) is 18.9 Å². The third-order valence-corrected chi connectivity index (χ3v) is 4.82. The van der Waals surface area contributed by atoms with E-state index in [9.17, 15) is 22.8 Å². The minimum atomic E-state index is -4.37. The largest absolute Gasteiger partial charge is 0.405 e. The van der Waals surface area contributed by atoms with Gasteiger partial charge in [0.1, 0.15) is 6.54 Å². The Labute approximate surface area is 166 Å². The zero-order chi connectivity index (χ0) is 21.0. The van der Waals surface area contributed by atoms with Crippen molar-refractivity contribution < 1.29 is 22.8 Å². The monoisotopic (exact) mass is 405 g/mol. The van der Waals surface area contributed by atoms with Gasteiger partial charge in [-0.05, 0) is 30.2 Å². The Morgan fingerprint density at radius 2 is 1.76 bits per heavy atom. The maximum absolute atomic E-state index is 12.7. The van der Waals surface area contributed by atoms with Crippen LogP contribution in [0.25, 0.3) is 0 Å². The van der Waals surface area contributed by atoms with Gasteiger partial charge in [0.2, 0.25) is 11.8 Å². The Balaban J connectivity index is 1.70. The number of carbonyl (C=O) groups is 2. The van der Waals surface area contributed by atoms with Crippen molar-refractivity contribution in [2.75, 3.05) is 28.6 Å². The van der Waals surface area contributed by atoms with Crippen molar-refractivity contribution in [1.29, 1.82) is 0 Å². The maximum Gasteiger partial charge on any atom is 0.405 e. The van der Waals surface area contributed by atoms with Gasteiger partial charge in [0.05, 0.1) is 17.3 Å². The molecule has 1 heterocycles. The Morgan fingerprint density at radius 3 is 2.45 bits per heavy atom. The van der Waals surface area contributed by atoms with Crippen molar-refractivity contribution in [1.82, 2.24) is 0 Å². The van der Waals surface area contributed by atoms with Gasteiger partial charge in [0.25, 0.3) is 0 Å². The molecule has 0 radical (unpaired) electrons. The van der Waals surface area contributed by atoms with Crippen molar-refractivity contribution in [3.8, 4) is 0 Å². The SMILES string of the molecule is CCc1ccccc1N1CC(C(=O)Nc2ccccc2NCC(F)(F)F)CC1=O. The van der Waals surface area contributed by atoms with E-state index in [-0.39, 0.29) is 30.2 Å². The predicted molar refractivity (Wildman–Crippen MR) is 106 cm³/mol. The summed E-state index contributed by atoms with van der Waals surface area (Å²) < 4.78 is 37.5. The van der Waals surface area contributed by atoms with Crippen LogP contribution in [0.3, 0.4) is 0 Å². The standard InChI is InChI=1S/C21H22F3N3O2/c1-2-14-7-3-6-10-18(14)27-12-15(11-19(27)28)20(29)26-17-9-5-4-8-16(17)25-13-21(22,23)24/h3-10,15,25H,2,11-13H2,1H3,(H,26,29). The Morgan fingerprint density at radius 1 is 1.10 bits per heavy atom. The number of benzene rings is 2. The molecule has 2 amide bonds. The van der Waals surface area contributed by atoms with Crippen molar-refractivity contribution >= 4 is 28.9 Å². The van der Waals surface area contributed by atoms with Gasteiger partial charge in [0, 0.05) is 18.7 Å². The van der Waals surface area contributed by atoms with E-state index in [0.717, 1.165) is 17.7 Å². The third kappa shape index (κ3) is 5.07. The van der Waals surface area contributed by atoms with Crippen molar-refractivity contribution in [3.05, 3.63) is 54.1 Å². The molecule has 1 atom stereocenters. The number of nitrogens with zero attached hydrogens (tertiary/aromatic N) is 1. The maximum atomic E-state index is 12.7. The van der Waals surface area contributed by atoms with Crippen LogP contribution < -0.4 is 15.5 Å². The fourth-order valence-electron chi connectivity index (χ4n) is 3.37. The highest BCUT2D eigenvalue weighted by molar-refractivity contribution is 6.04. The molecule has 154 valence electrons. The average Bonchev–Trinajstić information content (AvgIpc) is 3.08. The number of anilines is 3. The molecule has 1 aliphatic rings. The van der Waals surface area contributed by atoms with E-state index in [2.05, 4.69) is 10.6 Å². The van der Waals surface area contributed by atoms with Gasteiger partial charge in [-0.1, -0.05) is 37.3 Å².